The molecule has 1 aliphatic heterocycles. The predicted molar refractivity (Wildman–Crippen MR) is 104 cm³/mol. The predicted octanol–water partition coefficient (Wildman–Crippen LogP) is 1.26. The summed E-state index contributed by atoms with van der Waals surface area (Å²) in [5, 5.41) is 5.86. The van der Waals surface area contributed by atoms with E-state index in [1.807, 2.05) is 0 Å². The van der Waals surface area contributed by atoms with Crippen molar-refractivity contribution in [2.24, 2.45) is 0 Å². The Bertz CT molecular complexity index is 806. The number of nitrogens with one attached hydrogen (secondary N) is 2. The third-order valence-corrected chi connectivity index (χ3v) is 4.27. The van der Waals surface area contributed by atoms with Crippen LogP contribution in [0.3, 0.4) is 0 Å². The van der Waals surface area contributed by atoms with E-state index in [0.29, 0.717) is 29.3 Å². The van der Waals surface area contributed by atoms with Gasteiger partial charge >= 0.3 is 5.97 Å². The van der Waals surface area contributed by atoms with E-state index < -0.39 is 5.97 Å². The number of nitrogens with zero attached hydrogens (tertiary/aromatic N) is 3. The number of methoxy groups -OCH3 is 1. The fourth-order valence-corrected chi connectivity index (χ4v) is 2.73. The normalized spacial score (nSPS) is 14.3. The second kappa shape index (κ2) is 9.77. The number of benzene rings is 1. The van der Waals surface area contributed by atoms with Gasteiger partial charge in [-0.15, -0.1) is 0 Å². The van der Waals surface area contributed by atoms with E-state index in [1.165, 1.54) is 19.5 Å². The number of aromatic nitrogens is 2. The van der Waals surface area contributed by atoms with Crippen LogP contribution in [0.25, 0.3) is 0 Å². The molecule has 0 radical (unpaired) electrons. The van der Waals surface area contributed by atoms with Crippen LogP contribution < -0.4 is 10.6 Å². The summed E-state index contributed by atoms with van der Waals surface area (Å²) in [5.74, 6) is -0.355. The number of morpholine rings is 1. The fourth-order valence-electron chi connectivity index (χ4n) is 2.73. The third kappa shape index (κ3) is 5.48. The van der Waals surface area contributed by atoms with Gasteiger partial charge in [-0.2, -0.15) is 0 Å². The summed E-state index contributed by atoms with van der Waals surface area (Å²) in [6.07, 6.45) is 2.92. The van der Waals surface area contributed by atoms with Crippen LogP contribution in [0.1, 0.15) is 20.7 Å². The first-order chi connectivity index (χ1) is 13.7. The number of amides is 1. The molecular weight excluding hydrogens is 362 g/mol. The number of anilines is 2. The molecule has 9 heteroatoms. The second-order valence-electron chi connectivity index (χ2n) is 6.20. The minimum absolute atomic E-state index is 0.321. The van der Waals surface area contributed by atoms with Gasteiger partial charge in [-0.1, -0.05) is 6.07 Å². The quantitative estimate of drug-likeness (QED) is 0.686. The maximum absolute atomic E-state index is 12.4. The van der Waals surface area contributed by atoms with E-state index in [0.717, 1.165) is 32.8 Å². The highest BCUT2D eigenvalue weighted by molar-refractivity contribution is 6.04. The van der Waals surface area contributed by atoms with Gasteiger partial charge in [-0.3, -0.25) is 9.69 Å². The van der Waals surface area contributed by atoms with Crippen molar-refractivity contribution in [3.05, 3.63) is 47.8 Å². The van der Waals surface area contributed by atoms with Crippen LogP contribution in [0.2, 0.25) is 0 Å². The van der Waals surface area contributed by atoms with Gasteiger partial charge in [0, 0.05) is 44.3 Å². The van der Waals surface area contributed by atoms with Crippen LogP contribution in [0.4, 0.5) is 11.6 Å². The lowest BCUT2D eigenvalue weighted by atomic mass is 10.2. The lowest BCUT2D eigenvalue weighted by Gasteiger charge is -2.26. The van der Waals surface area contributed by atoms with Gasteiger partial charge in [0.1, 0.15) is 0 Å². The Morgan fingerprint density at radius 1 is 1.18 bits per heavy atom. The summed E-state index contributed by atoms with van der Waals surface area (Å²) in [6.45, 7) is 4.99. The van der Waals surface area contributed by atoms with Crippen molar-refractivity contribution >= 4 is 23.5 Å². The average molecular weight is 385 g/mol. The molecule has 1 aliphatic rings. The van der Waals surface area contributed by atoms with Crippen LogP contribution in [0.5, 0.6) is 0 Å². The number of ether oxygens (including phenoxy) is 2. The number of hydrogen-bond acceptors (Lipinski definition) is 8. The zero-order valence-corrected chi connectivity index (χ0v) is 15.7. The molecule has 2 heterocycles. The molecule has 3 rings (SSSR count). The van der Waals surface area contributed by atoms with Crippen LogP contribution in [-0.4, -0.2) is 73.2 Å². The molecule has 0 unspecified atom stereocenters. The Morgan fingerprint density at radius 2 is 1.93 bits per heavy atom. The van der Waals surface area contributed by atoms with E-state index in [1.54, 1.807) is 24.3 Å². The van der Waals surface area contributed by atoms with Crippen molar-refractivity contribution in [2.75, 3.05) is 57.1 Å². The molecule has 1 saturated heterocycles. The Hall–Kier alpha value is -3.04. The average Bonchev–Trinajstić information content (AvgIpc) is 2.74. The zero-order chi connectivity index (χ0) is 19.8. The lowest BCUT2D eigenvalue weighted by Crippen LogP contribution is -2.39. The second-order valence-corrected chi connectivity index (χ2v) is 6.20. The van der Waals surface area contributed by atoms with Crippen LogP contribution in [-0.2, 0) is 9.47 Å². The number of carbonyl (C=O) groups is 2. The number of esters is 1. The van der Waals surface area contributed by atoms with Crippen molar-refractivity contribution in [1.82, 2.24) is 14.9 Å². The minimum Gasteiger partial charge on any atom is -0.465 e. The highest BCUT2D eigenvalue weighted by Gasteiger charge is 2.12. The topological polar surface area (TPSA) is 106 Å². The molecule has 0 aliphatic carbocycles. The molecule has 1 aromatic carbocycles. The first-order valence-corrected chi connectivity index (χ1v) is 9.01. The number of hydrogen-bond donors (Lipinski definition) is 2. The van der Waals surface area contributed by atoms with Crippen molar-refractivity contribution in [3.63, 3.8) is 0 Å². The molecule has 0 spiro atoms. The van der Waals surface area contributed by atoms with Gasteiger partial charge in [0.05, 0.1) is 31.5 Å². The Balaban J connectivity index is 1.51. The highest BCUT2D eigenvalue weighted by Crippen LogP contribution is 2.13. The van der Waals surface area contributed by atoms with Gasteiger partial charge in [0.25, 0.3) is 5.91 Å². The smallest absolute Gasteiger partial charge is 0.337 e. The van der Waals surface area contributed by atoms with E-state index in [9.17, 15) is 9.59 Å². The maximum Gasteiger partial charge on any atom is 0.337 e. The maximum atomic E-state index is 12.4. The number of carbonyl (C=O) groups excluding carboxylic acids is 2. The largest absolute Gasteiger partial charge is 0.465 e. The van der Waals surface area contributed by atoms with Gasteiger partial charge in [0.15, 0.2) is 0 Å². The SMILES string of the molecule is COC(=O)c1cccc(NC(=O)c2cnc(NCCN3CCOCC3)nc2)c1. The van der Waals surface area contributed by atoms with Gasteiger partial charge in [0.2, 0.25) is 5.95 Å². The highest BCUT2D eigenvalue weighted by atomic mass is 16.5. The standard InChI is InChI=1S/C19H23N5O4/c1-27-18(26)14-3-2-4-16(11-14)23-17(25)15-12-21-19(22-13-15)20-5-6-24-7-9-28-10-8-24/h2-4,11-13H,5-10H2,1H3,(H,23,25)(H,20,21,22). The van der Waals surface area contributed by atoms with Crippen molar-refractivity contribution < 1.29 is 19.1 Å². The fraction of sp³-hybridized carbons (Fsp3) is 0.368. The summed E-state index contributed by atoms with van der Waals surface area (Å²) in [6, 6.07) is 6.51. The van der Waals surface area contributed by atoms with Crippen LogP contribution in [0.15, 0.2) is 36.7 Å². The van der Waals surface area contributed by atoms with Gasteiger partial charge in [-0.25, -0.2) is 14.8 Å². The summed E-state index contributed by atoms with van der Waals surface area (Å²) in [5.41, 5.74) is 1.17. The minimum atomic E-state index is -0.466. The first kappa shape index (κ1) is 19.7. The molecule has 2 aromatic rings. The van der Waals surface area contributed by atoms with E-state index in [2.05, 4.69) is 30.2 Å². The van der Waals surface area contributed by atoms with Crippen molar-refractivity contribution in [2.45, 2.75) is 0 Å². The number of rotatable bonds is 7. The molecule has 0 saturated carbocycles. The van der Waals surface area contributed by atoms with E-state index >= 15 is 0 Å². The lowest BCUT2D eigenvalue weighted by molar-refractivity contribution is 0.0398. The molecule has 1 fully saturated rings. The monoisotopic (exact) mass is 385 g/mol. The molecule has 0 bridgehead atoms. The summed E-state index contributed by atoms with van der Waals surface area (Å²) in [4.78, 5) is 34.6. The van der Waals surface area contributed by atoms with Gasteiger partial charge < -0.3 is 20.1 Å². The van der Waals surface area contributed by atoms with Crippen molar-refractivity contribution in [1.29, 1.82) is 0 Å². The summed E-state index contributed by atoms with van der Waals surface area (Å²) in [7, 11) is 1.31. The molecule has 28 heavy (non-hydrogen) atoms. The van der Waals surface area contributed by atoms with Crippen LogP contribution in [0, 0.1) is 0 Å². The van der Waals surface area contributed by atoms with E-state index in [-0.39, 0.29) is 5.91 Å². The van der Waals surface area contributed by atoms with E-state index in [4.69, 9.17) is 4.74 Å². The molecule has 1 amide bonds. The molecule has 0 atom stereocenters. The van der Waals surface area contributed by atoms with Crippen LogP contribution >= 0.6 is 0 Å². The zero-order valence-electron chi connectivity index (χ0n) is 15.7. The van der Waals surface area contributed by atoms with Gasteiger partial charge in [-0.05, 0) is 18.2 Å². The molecule has 9 nitrogen and oxygen atoms in total. The Morgan fingerprint density at radius 3 is 2.64 bits per heavy atom. The Kier molecular flexibility index (Phi) is 6.88. The van der Waals surface area contributed by atoms with Crippen molar-refractivity contribution in [3.8, 4) is 0 Å². The molecular formula is C19H23N5O4. The summed E-state index contributed by atoms with van der Waals surface area (Å²) >= 11 is 0. The third-order valence-electron chi connectivity index (χ3n) is 4.27. The first-order valence-electron chi connectivity index (χ1n) is 9.01. The molecule has 2 N–H and O–H groups in total. The summed E-state index contributed by atoms with van der Waals surface area (Å²) < 4.78 is 10.00. The Labute approximate surface area is 163 Å². The molecule has 148 valence electrons. The molecule has 1 aromatic heterocycles.